The van der Waals surface area contributed by atoms with Crippen molar-refractivity contribution in [3.63, 3.8) is 0 Å². The van der Waals surface area contributed by atoms with Crippen LogP contribution in [0, 0.1) is 18.8 Å². The summed E-state index contributed by atoms with van der Waals surface area (Å²) in [6, 6.07) is 54.6. The summed E-state index contributed by atoms with van der Waals surface area (Å²) in [5.41, 5.74) is 7.14. The van der Waals surface area contributed by atoms with Crippen molar-refractivity contribution in [3.8, 4) is 44.9 Å². The molecular weight excluding hydrogens is 1060 g/mol. The minimum atomic E-state index is -2.99. The molecule has 10 aromatic rings. The van der Waals surface area contributed by atoms with Crippen LogP contribution in [0.15, 0.2) is 224 Å². The maximum absolute atomic E-state index is 9.12. The Morgan fingerprint density at radius 2 is 1.17 bits per heavy atom. The predicted molar refractivity (Wildman–Crippen MR) is 290 cm³/mol. The molecule has 1 unspecified atom stereocenters. The molecule has 7 heteroatoms. The molecule has 9 aromatic carbocycles. The third-order valence-electron chi connectivity index (χ3n) is 13.5. The Bertz CT molecular complexity index is 4110. The minimum Gasteiger partial charge on any atom is -0.509 e. The van der Waals surface area contributed by atoms with Gasteiger partial charge in [0.2, 0.25) is 0 Å². The maximum Gasteiger partial charge on any atom is 0.135 e. The number of nitrogens with zero attached hydrogens (tertiary/aromatic N) is 4. The summed E-state index contributed by atoms with van der Waals surface area (Å²) in [6.07, 6.45) is 1.88. The maximum atomic E-state index is 9.12. The number of hydrogen-bond acceptors (Lipinski definition) is 5. The SMILES string of the molecule is [2H]c1c([2H])c([2H])c(-c2cccc(-c3c([2H])c([2H])c([2H])c([2H])c3[2H])c2N2[CH-]N(c3[c-]c(Oc4[c-]c5c6c(c4)-c4ccccc4[Si]6(c4ccccc4)c4ccccc4N5c4cc(C(C)(C)C)ccn4)ccc3)c3ccccc32)c([2H])c1[2H].[Pt]. The third-order valence-corrected chi connectivity index (χ3v) is 18.4. The molecule has 1 aromatic heterocycles. The van der Waals surface area contributed by atoms with Crippen molar-refractivity contribution >= 4 is 68.8 Å². The first-order valence-electron chi connectivity index (χ1n) is 28.1. The van der Waals surface area contributed by atoms with Gasteiger partial charge in [-0.05, 0) is 63.2 Å². The fourth-order valence-corrected chi connectivity index (χ4v) is 16.0. The molecule has 0 spiro atoms. The number of anilines is 7. The monoisotopic (exact) mass is 1120 g/mol. The number of benzene rings is 9. The van der Waals surface area contributed by atoms with Crippen LogP contribution >= 0.6 is 0 Å². The number of aromatic nitrogens is 1. The van der Waals surface area contributed by atoms with Crippen LogP contribution in [-0.4, -0.2) is 13.1 Å². The molecular formula is C64H47N4OPtSi-3. The topological polar surface area (TPSA) is 31.8 Å². The fourth-order valence-electron chi connectivity index (χ4n) is 10.5. The van der Waals surface area contributed by atoms with Gasteiger partial charge in [0.15, 0.2) is 0 Å². The van der Waals surface area contributed by atoms with Crippen molar-refractivity contribution in [2.45, 2.75) is 26.2 Å². The molecule has 0 bridgehead atoms. The Labute approximate surface area is 445 Å². The molecule has 0 saturated heterocycles. The predicted octanol–water partition coefficient (Wildman–Crippen LogP) is 13.7. The van der Waals surface area contributed by atoms with E-state index < -0.39 is 68.5 Å². The summed E-state index contributed by atoms with van der Waals surface area (Å²) in [6.45, 7) is 8.36. The van der Waals surface area contributed by atoms with E-state index in [1.54, 1.807) is 29.8 Å². The molecule has 346 valence electrons. The van der Waals surface area contributed by atoms with Gasteiger partial charge in [-0.25, -0.2) is 4.98 Å². The van der Waals surface area contributed by atoms with Gasteiger partial charge in [0.1, 0.15) is 13.9 Å². The van der Waals surface area contributed by atoms with E-state index in [9.17, 15) is 0 Å². The van der Waals surface area contributed by atoms with E-state index in [4.69, 9.17) is 23.4 Å². The van der Waals surface area contributed by atoms with E-state index >= 15 is 0 Å². The van der Waals surface area contributed by atoms with Gasteiger partial charge in [0.25, 0.3) is 0 Å². The molecule has 4 heterocycles. The number of fused-ring (bicyclic) bond motifs is 6. The quantitative estimate of drug-likeness (QED) is 0.112. The molecule has 0 radical (unpaired) electrons. The molecule has 0 N–H and O–H groups in total. The van der Waals surface area contributed by atoms with Crippen LogP contribution in [0.4, 0.5) is 39.9 Å². The number of rotatable bonds is 8. The van der Waals surface area contributed by atoms with Crippen LogP contribution in [0.1, 0.15) is 40.0 Å². The van der Waals surface area contributed by atoms with Gasteiger partial charge < -0.3 is 19.4 Å². The Kier molecular flexibility index (Phi) is 8.54. The number of hydrogen-bond donors (Lipinski definition) is 0. The molecule has 5 nitrogen and oxygen atoms in total. The first-order chi connectivity index (χ1) is 38.5. The first kappa shape index (κ1) is 34.5. The molecule has 0 saturated carbocycles. The van der Waals surface area contributed by atoms with Crippen molar-refractivity contribution in [2.75, 3.05) is 14.7 Å². The Morgan fingerprint density at radius 3 is 1.87 bits per heavy atom. The van der Waals surface area contributed by atoms with Crippen LogP contribution in [0.5, 0.6) is 11.5 Å². The van der Waals surface area contributed by atoms with Crippen LogP contribution in [-0.2, 0) is 26.5 Å². The number of para-hydroxylation sites is 4. The number of pyridine rings is 1. The summed E-state index contributed by atoms with van der Waals surface area (Å²) in [7, 11) is -2.99. The van der Waals surface area contributed by atoms with Crippen LogP contribution < -0.4 is 40.2 Å². The Hall–Kier alpha value is -7.76. The second-order valence-corrected chi connectivity index (χ2v) is 22.1. The van der Waals surface area contributed by atoms with Crippen LogP contribution in [0.25, 0.3) is 33.4 Å². The molecule has 0 aliphatic carbocycles. The minimum absolute atomic E-state index is 0. The molecule has 13 rings (SSSR count). The summed E-state index contributed by atoms with van der Waals surface area (Å²) < 4.78 is 94.9. The van der Waals surface area contributed by atoms with E-state index in [1.165, 1.54) is 20.7 Å². The van der Waals surface area contributed by atoms with Crippen LogP contribution in [0.2, 0.25) is 0 Å². The zero-order valence-electron chi connectivity index (χ0n) is 48.7. The van der Waals surface area contributed by atoms with Crippen molar-refractivity contribution in [2.24, 2.45) is 0 Å². The summed E-state index contributed by atoms with van der Waals surface area (Å²) in [4.78, 5) is 10.9. The van der Waals surface area contributed by atoms with Crippen LogP contribution in [0.3, 0.4) is 0 Å². The fraction of sp³-hybridized carbons (Fsp3) is 0.0625. The van der Waals surface area contributed by atoms with Gasteiger partial charge in [0.05, 0.1) is 13.7 Å². The second-order valence-electron chi connectivity index (χ2n) is 18.5. The van der Waals surface area contributed by atoms with E-state index in [-0.39, 0.29) is 54.4 Å². The van der Waals surface area contributed by atoms with Gasteiger partial charge in [-0.2, -0.15) is 6.07 Å². The largest absolute Gasteiger partial charge is 0.509 e. The van der Waals surface area contributed by atoms with Gasteiger partial charge in [-0.1, -0.05) is 200 Å². The Balaban J connectivity index is 0.00000651. The van der Waals surface area contributed by atoms with Crippen molar-refractivity contribution in [1.29, 1.82) is 0 Å². The molecule has 1 atom stereocenters. The summed E-state index contributed by atoms with van der Waals surface area (Å²) in [5, 5.41) is 4.99. The normalized spacial score (nSPS) is 17.0. The van der Waals surface area contributed by atoms with Gasteiger partial charge in [0, 0.05) is 72.6 Å². The van der Waals surface area contributed by atoms with E-state index in [0.29, 0.717) is 28.6 Å². The van der Waals surface area contributed by atoms with Crippen molar-refractivity contribution in [1.82, 2.24) is 4.98 Å². The standard InChI is InChI=1S/C64H47N4OSi.Pt/c1-64(2,3)46-37-38-65-61(39-46)68-57-34-16-18-36-60(57)70(50-27-11-6-12-28-50)59-35-17-13-29-53(59)54-41-49(42-58(68)63(54)70)69-48-26-19-25-47(40-48)66-43-67(56-33-15-14-32-55(56)66)62-51(44-21-7-4-8-22-44)30-20-31-52(62)45-23-9-5-10-24-45;/h4-39,41,43H,1-3H3;/q-3;/i4D,5D,7D,8D,9D,10D,21D,22D,23D,24D;. The molecule has 3 aliphatic rings. The van der Waals surface area contributed by atoms with Gasteiger partial charge in [-0.3, -0.25) is 0 Å². The van der Waals surface area contributed by atoms with Crippen molar-refractivity contribution < 1.29 is 39.5 Å². The summed E-state index contributed by atoms with van der Waals surface area (Å²) >= 11 is 0. The smallest absolute Gasteiger partial charge is 0.135 e. The van der Waals surface area contributed by atoms with E-state index in [1.807, 2.05) is 53.6 Å². The zero-order valence-corrected chi connectivity index (χ0v) is 42.0. The Morgan fingerprint density at radius 1 is 0.563 bits per heavy atom. The molecule has 71 heavy (non-hydrogen) atoms. The average molecular weight is 1120 g/mol. The molecule has 0 fully saturated rings. The van der Waals surface area contributed by atoms with Crippen molar-refractivity contribution in [3.05, 3.63) is 249 Å². The van der Waals surface area contributed by atoms with Gasteiger partial charge in [-0.15, -0.1) is 53.4 Å². The first-order valence-corrected chi connectivity index (χ1v) is 25.1. The second kappa shape index (κ2) is 17.6. The molecule has 3 aliphatic heterocycles. The third kappa shape index (κ3) is 7.19. The van der Waals surface area contributed by atoms with E-state index in [2.05, 4.69) is 135 Å². The number of ether oxygens (including phenoxy) is 1. The zero-order chi connectivity index (χ0) is 55.7. The average Bonchev–Trinajstić information content (AvgIpc) is 4.05. The summed E-state index contributed by atoms with van der Waals surface area (Å²) in [5.74, 6) is 1.60. The van der Waals surface area contributed by atoms with Gasteiger partial charge >= 0.3 is 0 Å². The van der Waals surface area contributed by atoms with E-state index in [0.717, 1.165) is 33.9 Å². The molecule has 0 amide bonds.